The summed E-state index contributed by atoms with van der Waals surface area (Å²) in [7, 11) is 5.12. The zero-order chi connectivity index (χ0) is 28.4. The SMILES string of the molecule is COc1cc(CC(=O)CNCCOc2ccc(C(=O)O)cc2N(C)C)ccc1NC(=O)Nc1ccccc1C. The van der Waals surface area contributed by atoms with Gasteiger partial charge in [0, 0.05) is 32.7 Å². The van der Waals surface area contributed by atoms with Crippen molar-refractivity contribution < 1.29 is 29.0 Å². The minimum absolute atomic E-state index is 0.0187. The summed E-state index contributed by atoms with van der Waals surface area (Å²) in [6.45, 7) is 2.80. The Morgan fingerprint density at radius 1 is 0.923 bits per heavy atom. The van der Waals surface area contributed by atoms with Crippen LogP contribution in [-0.4, -0.2) is 63.8 Å². The molecule has 0 aliphatic rings. The second kappa shape index (κ2) is 13.8. The van der Waals surface area contributed by atoms with Crippen LogP contribution in [0.2, 0.25) is 0 Å². The van der Waals surface area contributed by atoms with E-state index in [1.54, 1.807) is 35.2 Å². The van der Waals surface area contributed by atoms with Gasteiger partial charge in [-0.05, 0) is 54.4 Å². The molecule has 2 amide bonds. The molecule has 0 spiro atoms. The summed E-state index contributed by atoms with van der Waals surface area (Å²) < 4.78 is 11.2. The zero-order valence-electron chi connectivity index (χ0n) is 22.5. The van der Waals surface area contributed by atoms with Crippen LogP contribution >= 0.6 is 0 Å². The smallest absolute Gasteiger partial charge is 0.335 e. The van der Waals surface area contributed by atoms with E-state index in [9.17, 15) is 19.5 Å². The van der Waals surface area contributed by atoms with Crippen LogP contribution in [0.4, 0.5) is 21.9 Å². The number of hydrogen-bond donors (Lipinski definition) is 4. The molecule has 0 saturated heterocycles. The van der Waals surface area contributed by atoms with E-state index in [2.05, 4.69) is 16.0 Å². The van der Waals surface area contributed by atoms with Gasteiger partial charge in [0.2, 0.25) is 0 Å². The number of nitrogens with zero attached hydrogens (tertiary/aromatic N) is 1. The number of carbonyl (C=O) groups is 3. The molecule has 0 aliphatic carbocycles. The molecule has 0 fully saturated rings. The quantitative estimate of drug-likeness (QED) is 0.240. The van der Waals surface area contributed by atoms with Crippen molar-refractivity contribution in [3.63, 3.8) is 0 Å². The Labute approximate surface area is 227 Å². The van der Waals surface area contributed by atoms with Crippen molar-refractivity contribution in [3.05, 3.63) is 77.4 Å². The third kappa shape index (κ3) is 8.47. The van der Waals surface area contributed by atoms with Gasteiger partial charge >= 0.3 is 12.0 Å². The lowest BCUT2D eigenvalue weighted by Crippen LogP contribution is -2.28. The maximum atomic E-state index is 12.5. The Hall–Kier alpha value is -4.57. The van der Waals surface area contributed by atoms with Crippen LogP contribution in [0.15, 0.2) is 60.7 Å². The fourth-order valence-corrected chi connectivity index (χ4v) is 3.81. The molecule has 3 aromatic carbocycles. The van der Waals surface area contributed by atoms with Gasteiger partial charge < -0.3 is 35.4 Å². The molecule has 0 aromatic heterocycles. The van der Waals surface area contributed by atoms with Crippen LogP contribution in [-0.2, 0) is 11.2 Å². The van der Waals surface area contributed by atoms with Gasteiger partial charge in [0.05, 0.1) is 30.6 Å². The number of amides is 2. The Balaban J connectivity index is 1.46. The summed E-state index contributed by atoms with van der Waals surface area (Å²) in [5.74, 6) is -0.00876. The summed E-state index contributed by atoms with van der Waals surface area (Å²) in [6.07, 6.45) is 0.196. The monoisotopic (exact) mass is 534 g/mol. The third-order valence-corrected chi connectivity index (χ3v) is 5.85. The van der Waals surface area contributed by atoms with Crippen molar-refractivity contribution >= 4 is 34.8 Å². The van der Waals surface area contributed by atoms with E-state index in [4.69, 9.17) is 9.47 Å². The first kappa shape index (κ1) is 29.0. The standard InChI is InChI=1S/C29H34N4O6/c1-19-7-5-6-8-23(19)31-29(37)32-24-11-9-20(16-27(24)38-4)15-22(34)18-30-13-14-39-26-12-10-21(28(35)36)17-25(26)33(2)3/h5-12,16-17,30H,13-15,18H2,1-4H3,(H,35,36)(H2,31,32,37). The minimum atomic E-state index is -1.00. The average molecular weight is 535 g/mol. The van der Waals surface area contributed by atoms with Crippen molar-refractivity contribution in [1.82, 2.24) is 5.32 Å². The van der Waals surface area contributed by atoms with E-state index < -0.39 is 12.0 Å². The number of aromatic carboxylic acids is 1. The largest absolute Gasteiger partial charge is 0.495 e. The maximum Gasteiger partial charge on any atom is 0.335 e. The van der Waals surface area contributed by atoms with Gasteiger partial charge in [-0.2, -0.15) is 0 Å². The molecule has 0 heterocycles. The number of urea groups is 1. The van der Waals surface area contributed by atoms with Gasteiger partial charge in [-0.15, -0.1) is 0 Å². The number of hydrogen-bond acceptors (Lipinski definition) is 7. The number of Topliss-reactive ketones (excluding diaryl/α,β-unsaturated/α-hetero) is 1. The van der Waals surface area contributed by atoms with Crippen LogP contribution < -0.4 is 30.3 Å². The van der Waals surface area contributed by atoms with E-state index in [-0.39, 0.29) is 24.3 Å². The number of ether oxygens (including phenoxy) is 2. The Bertz CT molecular complexity index is 1320. The van der Waals surface area contributed by atoms with Gasteiger partial charge in [0.1, 0.15) is 18.1 Å². The number of methoxy groups -OCH3 is 1. The molecule has 3 rings (SSSR count). The third-order valence-electron chi connectivity index (χ3n) is 5.85. The predicted molar refractivity (Wildman–Crippen MR) is 152 cm³/mol. The first-order valence-electron chi connectivity index (χ1n) is 12.4. The molecule has 10 nitrogen and oxygen atoms in total. The van der Waals surface area contributed by atoms with E-state index in [0.29, 0.717) is 41.7 Å². The van der Waals surface area contributed by atoms with Crippen molar-refractivity contribution in [2.45, 2.75) is 13.3 Å². The predicted octanol–water partition coefficient (Wildman–Crippen LogP) is 4.19. The Kier molecular flexibility index (Phi) is 10.3. The number of ketones is 1. The van der Waals surface area contributed by atoms with Crippen LogP contribution in [0.1, 0.15) is 21.5 Å². The van der Waals surface area contributed by atoms with Crippen LogP contribution in [0, 0.1) is 6.92 Å². The highest BCUT2D eigenvalue weighted by Gasteiger charge is 2.13. The lowest BCUT2D eigenvalue weighted by molar-refractivity contribution is -0.117. The minimum Gasteiger partial charge on any atom is -0.495 e. The average Bonchev–Trinajstić information content (AvgIpc) is 2.90. The number of anilines is 3. The number of rotatable bonds is 13. The summed E-state index contributed by atoms with van der Waals surface area (Å²) in [6, 6.07) is 17.0. The second-order valence-electron chi connectivity index (χ2n) is 9.05. The second-order valence-corrected chi connectivity index (χ2v) is 9.05. The van der Waals surface area contributed by atoms with E-state index >= 15 is 0 Å². The maximum absolute atomic E-state index is 12.5. The van der Waals surface area contributed by atoms with Crippen molar-refractivity contribution in [2.24, 2.45) is 0 Å². The Morgan fingerprint density at radius 3 is 2.36 bits per heavy atom. The van der Waals surface area contributed by atoms with E-state index in [1.807, 2.05) is 45.3 Å². The molecular formula is C29H34N4O6. The first-order valence-corrected chi connectivity index (χ1v) is 12.4. The lowest BCUT2D eigenvalue weighted by Gasteiger charge is -2.18. The highest BCUT2D eigenvalue weighted by atomic mass is 16.5. The molecule has 0 bridgehead atoms. The van der Waals surface area contributed by atoms with Gasteiger partial charge in [-0.3, -0.25) is 4.79 Å². The number of benzene rings is 3. The summed E-state index contributed by atoms with van der Waals surface area (Å²) >= 11 is 0. The van der Waals surface area contributed by atoms with Gasteiger partial charge in [-0.25, -0.2) is 9.59 Å². The van der Waals surface area contributed by atoms with Gasteiger partial charge in [0.15, 0.2) is 5.78 Å². The topological polar surface area (TPSA) is 129 Å². The molecule has 0 unspecified atom stereocenters. The molecule has 4 N–H and O–H groups in total. The van der Waals surface area contributed by atoms with E-state index in [0.717, 1.165) is 11.1 Å². The summed E-state index contributed by atoms with van der Waals surface area (Å²) in [4.78, 5) is 37.9. The fourth-order valence-electron chi connectivity index (χ4n) is 3.81. The summed E-state index contributed by atoms with van der Waals surface area (Å²) in [5.41, 5.74) is 3.74. The van der Waals surface area contributed by atoms with Gasteiger partial charge in [-0.1, -0.05) is 24.3 Å². The molecule has 0 atom stereocenters. The van der Waals surface area contributed by atoms with Crippen molar-refractivity contribution in [3.8, 4) is 11.5 Å². The van der Waals surface area contributed by atoms with Crippen molar-refractivity contribution in [2.75, 3.05) is 56.4 Å². The van der Waals surface area contributed by atoms with Crippen LogP contribution in [0.3, 0.4) is 0 Å². The van der Waals surface area contributed by atoms with Gasteiger partial charge in [0.25, 0.3) is 0 Å². The molecule has 0 radical (unpaired) electrons. The fraction of sp³-hybridized carbons (Fsp3) is 0.276. The number of nitrogens with one attached hydrogen (secondary N) is 3. The van der Waals surface area contributed by atoms with Crippen molar-refractivity contribution in [1.29, 1.82) is 0 Å². The molecule has 0 aliphatic heterocycles. The van der Waals surface area contributed by atoms with E-state index in [1.165, 1.54) is 13.2 Å². The molecule has 39 heavy (non-hydrogen) atoms. The number of carboxylic acids is 1. The lowest BCUT2D eigenvalue weighted by atomic mass is 10.1. The highest BCUT2D eigenvalue weighted by Crippen LogP contribution is 2.28. The molecular weight excluding hydrogens is 500 g/mol. The summed E-state index contributed by atoms with van der Waals surface area (Å²) in [5, 5.41) is 17.9. The molecule has 10 heteroatoms. The molecule has 3 aromatic rings. The van der Waals surface area contributed by atoms with Crippen LogP contribution in [0.5, 0.6) is 11.5 Å². The number of aryl methyl sites for hydroxylation is 1. The number of carbonyl (C=O) groups excluding carboxylic acids is 2. The number of carboxylic acid groups (broad SMARTS) is 1. The number of para-hydroxylation sites is 1. The first-order chi connectivity index (χ1) is 18.7. The normalized spacial score (nSPS) is 10.5. The van der Waals surface area contributed by atoms with Crippen LogP contribution in [0.25, 0.3) is 0 Å². The molecule has 0 saturated carbocycles. The Morgan fingerprint density at radius 2 is 1.67 bits per heavy atom. The zero-order valence-corrected chi connectivity index (χ0v) is 22.5. The highest BCUT2D eigenvalue weighted by molar-refractivity contribution is 6.01. The molecule has 206 valence electrons.